The molecule has 1 amide bonds. The van der Waals surface area contributed by atoms with Crippen LogP contribution in [-0.4, -0.2) is 69.0 Å². The number of ether oxygens (including phenoxy) is 1. The molecule has 2 aromatic carbocycles. The fourth-order valence-corrected chi connectivity index (χ4v) is 6.21. The number of hydrogen-bond donors (Lipinski definition) is 1. The Morgan fingerprint density at radius 1 is 1.24 bits per heavy atom. The summed E-state index contributed by atoms with van der Waals surface area (Å²) in [5.41, 5.74) is 6.65. The van der Waals surface area contributed by atoms with E-state index in [1.165, 1.54) is 25.5 Å². The molecule has 0 radical (unpaired) electrons. The number of likely N-dealkylation sites (N-methyl/N-ethyl adjacent to an activating group) is 1. The van der Waals surface area contributed by atoms with Crippen molar-refractivity contribution in [1.29, 1.82) is 0 Å². The normalized spacial score (nSPS) is 20.3. The van der Waals surface area contributed by atoms with Gasteiger partial charge in [-0.3, -0.25) is 9.69 Å². The van der Waals surface area contributed by atoms with Crippen molar-refractivity contribution < 1.29 is 22.3 Å². The number of sulfone groups is 1. The summed E-state index contributed by atoms with van der Waals surface area (Å²) in [5, 5.41) is 0.258. The number of methoxy groups -OCH3 is 1. The first-order valence-corrected chi connectivity index (χ1v) is 14.7. The van der Waals surface area contributed by atoms with E-state index in [4.69, 9.17) is 33.7 Å². The second-order valence-electron chi connectivity index (χ2n) is 9.92. The lowest BCUT2D eigenvalue weighted by Gasteiger charge is -2.40. The number of halogens is 3. The third-order valence-electron chi connectivity index (χ3n) is 7.23. The second-order valence-corrected chi connectivity index (χ2v) is 13.1. The van der Waals surface area contributed by atoms with E-state index in [1.54, 1.807) is 36.2 Å². The van der Waals surface area contributed by atoms with Gasteiger partial charge in [-0.15, -0.1) is 0 Å². The monoisotopic (exact) mass is 573 g/mol. The quantitative estimate of drug-likeness (QED) is 0.482. The van der Waals surface area contributed by atoms with Gasteiger partial charge < -0.3 is 15.4 Å². The van der Waals surface area contributed by atoms with Crippen LogP contribution < -0.4 is 10.5 Å². The highest BCUT2D eigenvalue weighted by Crippen LogP contribution is 2.35. The van der Waals surface area contributed by atoms with Crippen molar-refractivity contribution >= 4 is 38.9 Å². The molecular formula is C26H34Cl2FN3O4S. The van der Waals surface area contributed by atoms with Crippen molar-refractivity contribution in [3.8, 4) is 5.75 Å². The maximum atomic E-state index is 14.2. The van der Waals surface area contributed by atoms with Crippen molar-refractivity contribution in [2.75, 3.05) is 33.5 Å². The zero-order chi connectivity index (χ0) is 27.5. The predicted octanol–water partition coefficient (Wildman–Crippen LogP) is 4.24. The van der Waals surface area contributed by atoms with Crippen LogP contribution in [0.25, 0.3) is 0 Å². The number of hydrogen-bond acceptors (Lipinski definition) is 6. The highest BCUT2D eigenvalue weighted by molar-refractivity contribution is 7.91. The number of rotatable bonds is 9. The Kier molecular flexibility index (Phi) is 9.51. The Balaban J connectivity index is 1.83. The summed E-state index contributed by atoms with van der Waals surface area (Å²) < 4.78 is 43.2. The predicted molar refractivity (Wildman–Crippen MR) is 145 cm³/mol. The van der Waals surface area contributed by atoms with Crippen molar-refractivity contribution in [2.45, 2.75) is 49.6 Å². The van der Waals surface area contributed by atoms with Crippen LogP contribution >= 0.6 is 23.2 Å². The molecule has 0 bridgehead atoms. The van der Waals surface area contributed by atoms with Gasteiger partial charge in [0.05, 0.1) is 34.0 Å². The third kappa shape index (κ3) is 6.95. The smallest absolute Gasteiger partial charge is 0.233 e. The van der Waals surface area contributed by atoms with Gasteiger partial charge in [-0.05, 0) is 61.6 Å². The summed E-state index contributed by atoms with van der Waals surface area (Å²) in [5.74, 6) is -0.546. The van der Waals surface area contributed by atoms with Gasteiger partial charge in [0, 0.05) is 32.9 Å². The van der Waals surface area contributed by atoms with E-state index >= 15 is 0 Å². The maximum absolute atomic E-state index is 14.2. The number of likely N-dealkylation sites (tertiary alicyclic amines) is 1. The molecular weight excluding hydrogens is 540 g/mol. The highest BCUT2D eigenvalue weighted by atomic mass is 35.5. The first kappa shape index (κ1) is 29.6. The molecule has 3 atom stereocenters. The molecule has 11 heteroatoms. The first-order chi connectivity index (χ1) is 17.3. The zero-order valence-electron chi connectivity index (χ0n) is 21.5. The summed E-state index contributed by atoms with van der Waals surface area (Å²) in [6, 6.07) is 9.73. The van der Waals surface area contributed by atoms with Crippen LogP contribution in [0.2, 0.25) is 10.0 Å². The Bertz CT molecular complexity index is 1250. The van der Waals surface area contributed by atoms with Crippen LogP contribution in [0.5, 0.6) is 5.75 Å². The van der Waals surface area contributed by atoms with E-state index in [2.05, 4.69) is 0 Å². The van der Waals surface area contributed by atoms with Crippen LogP contribution in [0.1, 0.15) is 37.3 Å². The molecule has 3 rings (SSSR count). The largest absolute Gasteiger partial charge is 0.494 e. The summed E-state index contributed by atoms with van der Waals surface area (Å²) >= 11 is 12.5. The van der Waals surface area contributed by atoms with Gasteiger partial charge in [-0.2, -0.15) is 0 Å². The number of amides is 1. The lowest BCUT2D eigenvalue weighted by atomic mass is 9.77. The number of carbonyl (C=O) groups excluding carboxylic acids is 1. The van der Waals surface area contributed by atoms with Crippen molar-refractivity contribution in [3.63, 3.8) is 0 Å². The van der Waals surface area contributed by atoms with Gasteiger partial charge in [0.2, 0.25) is 5.91 Å². The molecule has 0 aliphatic carbocycles. The molecule has 2 aromatic rings. The number of carbonyl (C=O) groups is 1. The number of nitrogens with zero attached hydrogens (tertiary/aromatic N) is 2. The minimum absolute atomic E-state index is 0.134. The first-order valence-electron chi connectivity index (χ1n) is 12.0. The lowest BCUT2D eigenvalue weighted by molar-refractivity contribution is -0.136. The average molecular weight is 575 g/mol. The molecule has 0 saturated carbocycles. The van der Waals surface area contributed by atoms with E-state index in [0.29, 0.717) is 53.5 Å². The zero-order valence-corrected chi connectivity index (χ0v) is 23.8. The number of benzene rings is 2. The van der Waals surface area contributed by atoms with E-state index < -0.39 is 32.5 Å². The van der Waals surface area contributed by atoms with Gasteiger partial charge in [-0.1, -0.05) is 35.3 Å². The maximum Gasteiger partial charge on any atom is 0.233 e. The fraction of sp³-hybridized carbons (Fsp3) is 0.500. The molecule has 7 nitrogen and oxygen atoms in total. The molecule has 1 heterocycles. The van der Waals surface area contributed by atoms with Crippen LogP contribution in [0.3, 0.4) is 0 Å². The fourth-order valence-electron chi connectivity index (χ4n) is 4.83. The van der Waals surface area contributed by atoms with Crippen LogP contribution in [0.4, 0.5) is 4.39 Å². The summed E-state index contributed by atoms with van der Waals surface area (Å²) in [4.78, 5) is 17.5. The highest BCUT2D eigenvalue weighted by Gasteiger charge is 2.39. The Labute approximate surface area is 228 Å². The van der Waals surface area contributed by atoms with Gasteiger partial charge in [0.15, 0.2) is 11.6 Å². The molecule has 37 heavy (non-hydrogen) atoms. The van der Waals surface area contributed by atoms with Gasteiger partial charge >= 0.3 is 0 Å². The van der Waals surface area contributed by atoms with Crippen molar-refractivity contribution in [2.24, 2.45) is 5.73 Å². The molecule has 1 fully saturated rings. The number of piperidine rings is 1. The summed E-state index contributed by atoms with van der Waals surface area (Å²) in [6.45, 7) is 3.03. The molecule has 0 aromatic heterocycles. The van der Waals surface area contributed by atoms with Crippen LogP contribution in [0.15, 0.2) is 36.4 Å². The van der Waals surface area contributed by atoms with Crippen molar-refractivity contribution in [1.82, 2.24) is 9.80 Å². The summed E-state index contributed by atoms with van der Waals surface area (Å²) in [6.07, 6.45) is 2.06. The van der Waals surface area contributed by atoms with E-state index in [1.807, 2.05) is 11.8 Å². The minimum Gasteiger partial charge on any atom is -0.494 e. The standard InChI is InChI=1S/C26H34Cl2FN3O4S/c1-26(18-6-7-20(27)21(28)14-18,10-12-32-11-9-19(15-24(32)30)37(4,34)35)25(33)31(2)16-17-5-8-23(36-3)22(29)13-17/h5-8,13-14,19,24H,9-12,15-16,30H2,1-4H3. The van der Waals surface area contributed by atoms with Crippen LogP contribution in [-0.2, 0) is 26.6 Å². The lowest BCUT2D eigenvalue weighted by Crippen LogP contribution is -2.53. The Morgan fingerprint density at radius 3 is 2.51 bits per heavy atom. The molecule has 1 aliphatic rings. The molecule has 3 unspecified atom stereocenters. The van der Waals surface area contributed by atoms with Gasteiger partial charge in [0.1, 0.15) is 9.84 Å². The molecule has 1 saturated heterocycles. The van der Waals surface area contributed by atoms with Gasteiger partial charge in [0.25, 0.3) is 0 Å². The Hall–Kier alpha value is -1.91. The van der Waals surface area contributed by atoms with Gasteiger partial charge in [-0.25, -0.2) is 12.8 Å². The Morgan fingerprint density at radius 2 is 1.95 bits per heavy atom. The van der Waals surface area contributed by atoms with E-state index in [-0.39, 0.29) is 18.2 Å². The molecule has 204 valence electrons. The molecule has 1 aliphatic heterocycles. The van der Waals surface area contributed by atoms with Crippen LogP contribution in [0, 0.1) is 5.82 Å². The number of nitrogens with two attached hydrogens (primary N) is 1. The molecule has 2 N–H and O–H groups in total. The SMILES string of the molecule is COc1ccc(CN(C)C(=O)C(C)(CCN2CCC(S(C)(=O)=O)CC2N)c2ccc(Cl)c(Cl)c2)cc1F. The van der Waals surface area contributed by atoms with Crippen molar-refractivity contribution in [3.05, 3.63) is 63.4 Å². The topological polar surface area (TPSA) is 92.9 Å². The second kappa shape index (κ2) is 11.9. The van der Waals surface area contributed by atoms with E-state index in [0.717, 1.165) is 0 Å². The summed E-state index contributed by atoms with van der Waals surface area (Å²) in [7, 11) is -0.104. The average Bonchev–Trinajstić information content (AvgIpc) is 2.83. The van der Waals surface area contributed by atoms with E-state index in [9.17, 15) is 17.6 Å². The molecule has 0 spiro atoms. The minimum atomic E-state index is -3.17. The third-order valence-corrected chi connectivity index (χ3v) is 9.61.